The highest BCUT2D eigenvalue weighted by atomic mass is 16.5. The molecule has 1 aromatic heterocycles. The van der Waals surface area contributed by atoms with Crippen LogP contribution >= 0.6 is 0 Å². The third kappa shape index (κ3) is 1.33. The molecule has 0 unspecified atom stereocenters. The highest BCUT2D eigenvalue weighted by molar-refractivity contribution is 4.98. The van der Waals surface area contributed by atoms with Crippen molar-refractivity contribution < 1.29 is 9.63 Å². The van der Waals surface area contributed by atoms with Crippen LogP contribution in [0.15, 0.2) is 4.52 Å². The fourth-order valence-electron chi connectivity index (χ4n) is 1.37. The molecule has 0 spiro atoms. The number of aliphatic hydroxyl groups excluding tert-OH is 1. The Hall–Kier alpha value is -0.940. The van der Waals surface area contributed by atoms with E-state index in [1.165, 1.54) is 0 Å². The van der Waals surface area contributed by atoms with Gasteiger partial charge in [-0.15, -0.1) is 0 Å². The molecule has 0 aromatic carbocycles. The van der Waals surface area contributed by atoms with Gasteiger partial charge in [-0.1, -0.05) is 5.16 Å². The minimum absolute atomic E-state index is 0.173. The van der Waals surface area contributed by atoms with Crippen molar-refractivity contribution in [2.24, 2.45) is 0 Å². The number of aliphatic hydroxyl groups is 1. The Morgan fingerprint density at radius 3 is 3.17 bits per heavy atom. The Morgan fingerprint density at radius 1 is 1.67 bits per heavy atom. The second-order valence-electron chi connectivity index (χ2n) is 2.89. The smallest absolute Gasteiger partial charge is 0.252 e. The Morgan fingerprint density at radius 2 is 2.58 bits per heavy atom. The topological polar surface area (TPSA) is 71.2 Å². The lowest BCUT2D eigenvalue weighted by Crippen LogP contribution is -2.08. The molecule has 0 radical (unpaired) electrons. The van der Waals surface area contributed by atoms with Crippen molar-refractivity contribution in [3.8, 4) is 0 Å². The van der Waals surface area contributed by atoms with E-state index in [0.29, 0.717) is 17.6 Å². The first kappa shape index (κ1) is 7.70. The molecule has 0 bridgehead atoms. The third-order valence-electron chi connectivity index (χ3n) is 2.04. The number of nitrogens with one attached hydrogen (secondary N) is 1. The van der Waals surface area contributed by atoms with E-state index in [9.17, 15) is 0 Å². The van der Waals surface area contributed by atoms with Gasteiger partial charge in [0.25, 0.3) is 5.89 Å². The average molecular weight is 169 g/mol. The van der Waals surface area contributed by atoms with Crippen molar-refractivity contribution in [3.63, 3.8) is 0 Å². The van der Waals surface area contributed by atoms with Gasteiger partial charge in [0.2, 0.25) is 0 Å². The van der Waals surface area contributed by atoms with Gasteiger partial charge in [-0.25, -0.2) is 0 Å². The molecule has 0 aliphatic carbocycles. The summed E-state index contributed by atoms with van der Waals surface area (Å²) in [6, 6.07) is 0. The Balaban J connectivity index is 2.11. The van der Waals surface area contributed by atoms with E-state index >= 15 is 0 Å². The molecule has 5 nitrogen and oxygen atoms in total. The summed E-state index contributed by atoms with van der Waals surface area (Å²) in [5, 5.41) is 15.7. The van der Waals surface area contributed by atoms with Crippen molar-refractivity contribution in [3.05, 3.63) is 11.7 Å². The van der Waals surface area contributed by atoms with Crippen molar-refractivity contribution in [2.45, 2.75) is 18.9 Å². The van der Waals surface area contributed by atoms with Crippen LogP contribution in [0.5, 0.6) is 0 Å². The van der Waals surface area contributed by atoms with E-state index in [1.54, 1.807) is 0 Å². The zero-order valence-electron chi connectivity index (χ0n) is 6.66. The molecule has 2 heterocycles. The molecular weight excluding hydrogens is 158 g/mol. The molecule has 2 N–H and O–H groups in total. The first-order valence-electron chi connectivity index (χ1n) is 4.04. The van der Waals surface area contributed by atoms with E-state index in [1.807, 2.05) is 0 Å². The molecule has 1 aliphatic rings. The quantitative estimate of drug-likeness (QED) is 0.632. The fourth-order valence-corrected chi connectivity index (χ4v) is 1.37. The normalized spacial score (nSPS) is 23.2. The third-order valence-corrected chi connectivity index (χ3v) is 2.04. The van der Waals surface area contributed by atoms with Crippen LogP contribution < -0.4 is 5.32 Å². The minimum atomic E-state index is -0.173. The molecule has 1 atom stereocenters. The van der Waals surface area contributed by atoms with Crippen LogP contribution in [0.2, 0.25) is 0 Å². The molecule has 1 aliphatic heterocycles. The van der Waals surface area contributed by atoms with Crippen LogP contribution in [0.25, 0.3) is 0 Å². The summed E-state index contributed by atoms with van der Waals surface area (Å²) in [7, 11) is 0. The summed E-state index contributed by atoms with van der Waals surface area (Å²) in [6.07, 6.45) is 1.05. The standard InChI is InChI=1S/C7H11N3O2/c11-4-6-9-7(10-12-6)5-1-2-8-3-5/h5,8,11H,1-4H2/t5-/m1/s1. The van der Waals surface area contributed by atoms with Gasteiger partial charge < -0.3 is 14.9 Å². The highest BCUT2D eigenvalue weighted by Gasteiger charge is 2.21. The molecule has 66 valence electrons. The predicted octanol–water partition coefficient (Wildman–Crippen LogP) is -0.361. The van der Waals surface area contributed by atoms with Gasteiger partial charge in [-0.05, 0) is 13.0 Å². The summed E-state index contributed by atoms with van der Waals surface area (Å²) in [5.74, 6) is 1.37. The maximum atomic E-state index is 8.68. The van der Waals surface area contributed by atoms with Gasteiger partial charge in [0.15, 0.2) is 5.82 Å². The molecule has 1 aromatic rings. The molecule has 5 heteroatoms. The van der Waals surface area contributed by atoms with E-state index in [0.717, 1.165) is 19.5 Å². The van der Waals surface area contributed by atoms with Crippen LogP contribution in [0.1, 0.15) is 24.1 Å². The lowest BCUT2D eigenvalue weighted by Gasteiger charge is -1.98. The Labute approximate surface area is 69.8 Å². The number of hydrogen-bond donors (Lipinski definition) is 2. The van der Waals surface area contributed by atoms with Gasteiger partial charge in [-0.3, -0.25) is 0 Å². The summed E-state index contributed by atoms with van der Waals surface area (Å²) < 4.78 is 4.79. The molecule has 1 fully saturated rings. The van der Waals surface area contributed by atoms with Gasteiger partial charge in [0.05, 0.1) is 0 Å². The SMILES string of the molecule is OCc1nc([C@@H]2CCNC2)no1. The van der Waals surface area contributed by atoms with Crippen LogP contribution in [0.4, 0.5) is 0 Å². The zero-order valence-corrected chi connectivity index (χ0v) is 6.66. The van der Waals surface area contributed by atoms with Crippen LogP contribution in [0.3, 0.4) is 0 Å². The number of rotatable bonds is 2. The second kappa shape index (κ2) is 3.20. The van der Waals surface area contributed by atoms with Gasteiger partial charge in [0.1, 0.15) is 6.61 Å². The summed E-state index contributed by atoms with van der Waals surface area (Å²) >= 11 is 0. The second-order valence-corrected chi connectivity index (χ2v) is 2.89. The lowest BCUT2D eigenvalue weighted by atomic mass is 10.1. The maximum absolute atomic E-state index is 8.68. The zero-order chi connectivity index (χ0) is 8.39. The van der Waals surface area contributed by atoms with Crippen molar-refractivity contribution >= 4 is 0 Å². The van der Waals surface area contributed by atoms with Crippen molar-refractivity contribution in [1.82, 2.24) is 15.5 Å². The van der Waals surface area contributed by atoms with Crippen LogP contribution in [-0.4, -0.2) is 28.3 Å². The van der Waals surface area contributed by atoms with Crippen molar-refractivity contribution in [1.29, 1.82) is 0 Å². The molecular formula is C7H11N3O2. The summed E-state index contributed by atoms with van der Waals surface area (Å²) in [6.45, 7) is 1.74. The van der Waals surface area contributed by atoms with E-state index in [2.05, 4.69) is 15.5 Å². The molecule has 0 amide bonds. The summed E-state index contributed by atoms with van der Waals surface area (Å²) in [5.41, 5.74) is 0. The molecule has 1 saturated heterocycles. The monoisotopic (exact) mass is 169 g/mol. The molecule has 2 rings (SSSR count). The van der Waals surface area contributed by atoms with Crippen molar-refractivity contribution in [2.75, 3.05) is 13.1 Å². The van der Waals surface area contributed by atoms with Crippen LogP contribution in [0, 0.1) is 0 Å². The van der Waals surface area contributed by atoms with E-state index in [-0.39, 0.29) is 6.61 Å². The summed E-state index contributed by atoms with van der Waals surface area (Å²) in [4.78, 5) is 4.04. The molecule has 12 heavy (non-hydrogen) atoms. The first-order chi connectivity index (χ1) is 5.90. The maximum Gasteiger partial charge on any atom is 0.252 e. The van der Waals surface area contributed by atoms with E-state index < -0.39 is 0 Å². The fraction of sp³-hybridized carbons (Fsp3) is 0.714. The minimum Gasteiger partial charge on any atom is -0.387 e. The van der Waals surface area contributed by atoms with E-state index in [4.69, 9.17) is 9.63 Å². The molecule has 0 saturated carbocycles. The van der Waals surface area contributed by atoms with Gasteiger partial charge >= 0.3 is 0 Å². The van der Waals surface area contributed by atoms with Gasteiger partial charge in [0, 0.05) is 12.5 Å². The average Bonchev–Trinajstić information content (AvgIpc) is 2.75. The first-order valence-corrected chi connectivity index (χ1v) is 4.04. The lowest BCUT2D eigenvalue weighted by molar-refractivity contribution is 0.222. The largest absolute Gasteiger partial charge is 0.387 e. The van der Waals surface area contributed by atoms with Crippen LogP contribution in [-0.2, 0) is 6.61 Å². The number of aromatic nitrogens is 2. The number of nitrogens with zero attached hydrogens (tertiary/aromatic N) is 2. The van der Waals surface area contributed by atoms with Gasteiger partial charge in [-0.2, -0.15) is 4.98 Å². The highest BCUT2D eigenvalue weighted by Crippen LogP contribution is 2.18. The Bertz CT molecular complexity index is 255. The number of hydrogen-bond acceptors (Lipinski definition) is 5. The Kier molecular flexibility index (Phi) is 2.05. The predicted molar refractivity (Wildman–Crippen MR) is 40.4 cm³/mol.